The third-order valence-corrected chi connectivity index (χ3v) is 3.73. The number of nitrogens with one attached hydrogen (secondary N) is 1. The molecule has 1 aromatic heterocycles. The van der Waals surface area contributed by atoms with Crippen molar-refractivity contribution in [2.24, 2.45) is 5.14 Å². The van der Waals surface area contributed by atoms with Crippen LogP contribution in [0.15, 0.2) is 28.8 Å². The summed E-state index contributed by atoms with van der Waals surface area (Å²) >= 11 is 0. The molecule has 7 nitrogen and oxygen atoms in total. The summed E-state index contributed by atoms with van der Waals surface area (Å²) in [5, 5.41) is 12.1. The lowest BCUT2D eigenvalue weighted by molar-refractivity contribution is 0.418. The van der Waals surface area contributed by atoms with Gasteiger partial charge in [0.25, 0.3) is 5.89 Å². The minimum Gasteiger partial charge on any atom is -0.334 e. The van der Waals surface area contributed by atoms with Crippen LogP contribution in [-0.4, -0.2) is 31.6 Å². The summed E-state index contributed by atoms with van der Waals surface area (Å²) in [4.78, 5) is 4.31. The van der Waals surface area contributed by atoms with Gasteiger partial charge in [-0.2, -0.15) is 4.98 Å². The van der Waals surface area contributed by atoms with Crippen LogP contribution in [0.4, 0.5) is 0 Å². The zero-order chi connectivity index (χ0) is 15.5. The fourth-order valence-electron chi connectivity index (χ4n) is 1.86. The summed E-state index contributed by atoms with van der Waals surface area (Å²) in [5.41, 5.74) is 1.25. The predicted molar refractivity (Wildman–Crippen MR) is 86.0 cm³/mol. The molecule has 9 heteroatoms. The van der Waals surface area contributed by atoms with Crippen LogP contribution in [0.2, 0.25) is 0 Å². The maximum absolute atomic E-state index is 11.1. The van der Waals surface area contributed by atoms with Gasteiger partial charge in [0.2, 0.25) is 10.0 Å². The van der Waals surface area contributed by atoms with Crippen molar-refractivity contribution in [3.8, 4) is 11.5 Å². The first kappa shape index (κ1) is 18.6. The molecule has 0 saturated heterocycles. The maximum Gasteiger partial charge on any atom is 0.257 e. The summed E-state index contributed by atoms with van der Waals surface area (Å²) in [6, 6.07) is 7.13. The zero-order valence-corrected chi connectivity index (χ0v) is 13.9. The molecule has 0 spiro atoms. The topological polar surface area (TPSA) is 111 Å². The molecule has 0 saturated carbocycles. The third kappa shape index (κ3) is 5.38. The van der Waals surface area contributed by atoms with E-state index in [9.17, 15) is 8.42 Å². The number of benzene rings is 1. The number of likely N-dealkylation sites (N-methyl/N-ethyl adjacent to an activating group) is 1. The normalized spacial score (nSPS) is 12.7. The van der Waals surface area contributed by atoms with Crippen molar-refractivity contribution in [1.82, 2.24) is 15.5 Å². The van der Waals surface area contributed by atoms with Gasteiger partial charge < -0.3 is 9.84 Å². The van der Waals surface area contributed by atoms with Gasteiger partial charge in [-0.05, 0) is 31.7 Å². The van der Waals surface area contributed by atoms with Gasteiger partial charge in [-0.3, -0.25) is 0 Å². The third-order valence-electron chi connectivity index (χ3n) is 2.99. The molecule has 0 bridgehead atoms. The largest absolute Gasteiger partial charge is 0.334 e. The Hall–Kier alpha value is -1.48. The van der Waals surface area contributed by atoms with Gasteiger partial charge in [-0.1, -0.05) is 17.3 Å². The van der Waals surface area contributed by atoms with Crippen molar-refractivity contribution in [2.75, 3.05) is 7.05 Å². The Morgan fingerprint density at radius 1 is 1.41 bits per heavy atom. The molecule has 0 aliphatic carbocycles. The highest BCUT2D eigenvalue weighted by Crippen LogP contribution is 2.19. The number of nitrogens with two attached hydrogens (primary N) is 1. The zero-order valence-electron chi connectivity index (χ0n) is 12.3. The van der Waals surface area contributed by atoms with E-state index in [1.165, 1.54) is 0 Å². The van der Waals surface area contributed by atoms with E-state index in [0.29, 0.717) is 29.3 Å². The lowest BCUT2D eigenvalue weighted by Gasteiger charge is -2.04. The van der Waals surface area contributed by atoms with Gasteiger partial charge in [0.1, 0.15) is 0 Å². The van der Waals surface area contributed by atoms with Crippen LogP contribution in [0.5, 0.6) is 0 Å². The number of nitrogens with zero attached hydrogens (tertiary/aromatic N) is 2. The second-order valence-corrected chi connectivity index (χ2v) is 6.53. The Balaban J connectivity index is 0.00000242. The van der Waals surface area contributed by atoms with Gasteiger partial charge in [-0.15, -0.1) is 12.4 Å². The SMILES string of the molecule is CNC(C)Cc1noc(-c2cccc(CS(N)(=O)=O)c2)n1.Cl. The molecule has 0 amide bonds. The average molecular weight is 347 g/mol. The minimum absolute atomic E-state index is 0. The van der Waals surface area contributed by atoms with Gasteiger partial charge in [0, 0.05) is 18.0 Å². The summed E-state index contributed by atoms with van der Waals surface area (Å²) in [7, 11) is -1.70. The molecule has 0 aliphatic rings. The van der Waals surface area contributed by atoms with E-state index in [2.05, 4.69) is 15.5 Å². The summed E-state index contributed by atoms with van der Waals surface area (Å²) < 4.78 is 27.5. The first-order chi connectivity index (χ1) is 9.87. The van der Waals surface area contributed by atoms with Crippen LogP contribution < -0.4 is 10.5 Å². The average Bonchev–Trinajstić information content (AvgIpc) is 2.85. The van der Waals surface area contributed by atoms with Gasteiger partial charge in [-0.25, -0.2) is 13.6 Å². The second-order valence-electron chi connectivity index (χ2n) is 4.92. The highest BCUT2D eigenvalue weighted by atomic mass is 35.5. The smallest absolute Gasteiger partial charge is 0.257 e. The van der Waals surface area contributed by atoms with Crippen LogP contribution in [0.3, 0.4) is 0 Å². The standard InChI is InChI=1S/C13H18N4O3S.ClH/c1-9(15-2)6-12-16-13(20-17-12)11-5-3-4-10(7-11)8-21(14,18)19;/h3-5,7,9,15H,6,8H2,1-2H3,(H2,14,18,19);1H. The predicted octanol–water partition coefficient (Wildman–Crippen LogP) is 1.10. The number of primary sulfonamides is 1. The van der Waals surface area contributed by atoms with Crippen LogP contribution >= 0.6 is 12.4 Å². The van der Waals surface area contributed by atoms with Gasteiger partial charge in [0.15, 0.2) is 5.82 Å². The first-order valence-electron chi connectivity index (χ1n) is 6.47. The molecule has 0 radical (unpaired) electrons. The quantitative estimate of drug-likeness (QED) is 0.810. The highest BCUT2D eigenvalue weighted by molar-refractivity contribution is 7.88. The van der Waals surface area contributed by atoms with E-state index in [1.807, 2.05) is 14.0 Å². The Bertz CT molecular complexity index is 718. The fourth-order valence-corrected chi connectivity index (χ4v) is 2.50. The molecule has 22 heavy (non-hydrogen) atoms. The molecule has 2 aromatic rings. The Morgan fingerprint density at radius 3 is 2.77 bits per heavy atom. The minimum atomic E-state index is -3.57. The maximum atomic E-state index is 11.1. The van der Waals surface area contributed by atoms with Crippen LogP contribution in [0.1, 0.15) is 18.3 Å². The molecule has 3 N–H and O–H groups in total. The lowest BCUT2D eigenvalue weighted by Crippen LogP contribution is -2.24. The van der Waals surface area contributed by atoms with E-state index in [4.69, 9.17) is 9.66 Å². The van der Waals surface area contributed by atoms with Crippen LogP contribution in [0.25, 0.3) is 11.5 Å². The van der Waals surface area contributed by atoms with Gasteiger partial charge in [0.05, 0.1) is 5.75 Å². The lowest BCUT2D eigenvalue weighted by atomic mass is 10.1. The van der Waals surface area contributed by atoms with Crippen LogP contribution in [-0.2, 0) is 22.2 Å². The molecule has 2 rings (SSSR count). The molecule has 1 aromatic carbocycles. The molecular weight excluding hydrogens is 328 g/mol. The molecule has 122 valence electrons. The number of sulfonamides is 1. The van der Waals surface area contributed by atoms with E-state index in [1.54, 1.807) is 24.3 Å². The summed E-state index contributed by atoms with van der Waals surface area (Å²) in [5.74, 6) is 0.742. The van der Waals surface area contributed by atoms with Crippen molar-refractivity contribution in [3.05, 3.63) is 35.7 Å². The molecular formula is C13H19ClN4O3S. The molecule has 0 fully saturated rings. The Kier molecular flexibility index (Phi) is 6.48. The summed E-state index contributed by atoms with van der Waals surface area (Å²) in [6.45, 7) is 2.02. The van der Waals surface area contributed by atoms with E-state index < -0.39 is 10.0 Å². The molecule has 1 unspecified atom stereocenters. The van der Waals surface area contributed by atoms with Gasteiger partial charge >= 0.3 is 0 Å². The van der Waals surface area contributed by atoms with E-state index in [0.717, 1.165) is 0 Å². The van der Waals surface area contributed by atoms with Crippen molar-refractivity contribution in [2.45, 2.75) is 25.1 Å². The van der Waals surface area contributed by atoms with Crippen molar-refractivity contribution >= 4 is 22.4 Å². The van der Waals surface area contributed by atoms with Crippen LogP contribution in [0, 0.1) is 0 Å². The number of hydrogen-bond donors (Lipinski definition) is 2. The summed E-state index contributed by atoms with van der Waals surface area (Å²) in [6.07, 6.45) is 0.650. The Morgan fingerprint density at radius 2 is 2.14 bits per heavy atom. The number of halogens is 1. The molecule has 1 heterocycles. The number of hydrogen-bond acceptors (Lipinski definition) is 6. The van der Waals surface area contributed by atoms with E-state index in [-0.39, 0.29) is 24.2 Å². The molecule has 1 atom stereocenters. The number of rotatable bonds is 6. The van der Waals surface area contributed by atoms with E-state index >= 15 is 0 Å². The highest BCUT2D eigenvalue weighted by Gasteiger charge is 2.12. The van der Waals surface area contributed by atoms with Crippen molar-refractivity contribution < 1.29 is 12.9 Å². The monoisotopic (exact) mass is 346 g/mol. The second kappa shape index (κ2) is 7.68. The molecule has 0 aliphatic heterocycles. The van der Waals surface area contributed by atoms with Crippen molar-refractivity contribution in [3.63, 3.8) is 0 Å². The number of aromatic nitrogens is 2. The Labute approximate surface area is 135 Å². The first-order valence-corrected chi connectivity index (χ1v) is 8.18. The van der Waals surface area contributed by atoms with Crippen molar-refractivity contribution in [1.29, 1.82) is 0 Å². The fraction of sp³-hybridized carbons (Fsp3) is 0.385.